The summed E-state index contributed by atoms with van der Waals surface area (Å²) in [6.07, 6.45) is 11.5. The molecule has 0 aromatic carbocycles. The molecular formula is C13H22N2Si. The second-order valence-electron chi connectivity index (χ2n) is 5.83. The third kappa shape index (κ3) is 2.64. The minimum atomic E-state index is -1.27. The van der Waals surface area contributed by atoms with Crippen LogP contribution < -0.4 is 5.32 Å². The molecule has 16 heavy (non-hydrogen) atoms. The van der Waals surface area contributed by atoms with Crippen LogP contribution in [0.5, 0.6) is 0 Å². The molecule has 0 saturated heterocycles. The van der Waals surface area contributed by atoms with E-state index in [-0.39, 0.29) is 0 Å². The molecule has 0 amide bonds. The van der Waals surface area contributed by atoms with Gasteiger partial charge in [-0.15, -0.1) is 0 Å². The van der Waals surface area contributed by atoms with Gasteiger partial charge in [0.1, 0.15) is 8.07 Å². The number of aromatic amines is 1. The molecule has 1 atom stereocenters. The van der Waals surface area contributed by atoms with Gasteiger partial charge in [-0.05, 0) is 31.6 Å². The Labute approximate surface area is 99.2 Å². The predicted molar refractivity (Wildman–Crippen MR) is 71.8 cm³/mol. The monoisotopic (exact) mass is 234 g/mol. The van der Waals surface area contributed by atoms with E-state index >= 15 is 0 Å². The number of H-pyrrole nitrogens is 1. The quantitative estimate of drug-likeness (QED) is 0.632. The number of aromatic nitrogens is 2. The van der Waals surface area contributed by atoms with Crippen molar-refractivity contribution in [3.05, 3.63) is 24.2 Å². The fourth-order valence-electron chi connectivity index (χ4n) is 2.45. The van der Waals surface area contributed by atoms with Crippen molar-refractivity contribution in [2.45, 2.75) is 45.3 Å². The van der Waals surface area contributed by atoms with Crippen molar-refractivity contribution in [3.8, 4) is 0 Å². The second kappa shape index (κ2) is 4.58. The maximum Gasteiger partial charge on any atom is 0.104 e. The van der Waals surface area contributed by atoms with Crippen LogP contribution in [0.25, 0.3) is 0 Å². The molecular weight excluding hydrogens is 212 g/mol. The molecule has 0 aliphatic heterocycles. The molecule has 0 unspecified atom stereocenters. The number of nitrogens with zero attached hydrogens (tertiary/aromatic N) is 1. The molecule has 0 fully saturated rings. The Hall–Kier alpha value is -0.833. The SMILES string of the molecule is C[Si](C)(C)c1nc[nH]c1C[C@@H]1CC=CCC1. The first-order valence-electron chi connectivity index (χ1n) is 6.25. The fourth-order valence-corrected chi connectivity index (χ4v) is 3.98. The van der Waals surface area contributed by atoms with Gasteiger partial charge in [0.2, 0.25) is 0 Å². The van der Waals surface area contributed by atoms with Crippen LogP contribution in [0.2, 0.25) is 19.6 Å². The molecule has 0 saturated carbocycles. The van der Waals surface area contributed by atoms with E-state index in [1.807, 2.05) is 6.33 Å². The average molecular weight is 234 g/mol. The standard InChI is InChI=1S/C13H22N2Si/c1-16(2,3)13-12(14-10-15-13)9-11-7-5-4-6-8-11/h4-5,10-11H,6-9H2,1-3H3,(H,14,15)/t11-/m1/s1. The molecule has 1 heterocycles. The van der Waals surface area contributed by atoms with Gasteiger partial charge >= 0.3 is 0 Å². The Morgan fingerprint density at radius 3 is 2.81 bits per heavy atom. The normalized spacial score (nSPS) is 21.3. The summed E-state index contributed by atoms with van der Waals surface area (Å²) < 4.78 is 0. The van der Waals surface area contributed by atoms with Crippen molar-refractivity contribution in [2.75, 3.05) is 0 Å². The van der Waals surface area contributed by atoms with Crippen molar-refractivity contribution in [1.29, 1.82) is 0 Å². The Balaban J connectivity index is 2.09. The molecule has 1 aromatic rings. The molecule has 1 aliphatic carbocycles. The van der Waals surface area contributed by atoms with E-state index in [4.69, 9.17) is 0 Å². The van der Waals surface area contributed by atoms with Crippen LogP contribution in [0.4, 0.5) is 0 Å². The van der Waals surface area contributed by atoms with Crippen molar-refractivity contribution >= 4 is 13.4 Å². The lowest BCUT2D eigenvalue weighted by molar-refractivity contribution is 0.474. The zero-order valence-electron chi connectivity index (χ0n) is 10.6. The van der Waals surface area contributed by atoms with Gasteiger partial charge in [-0.2, -0.15) is 0 Å². The van der Waals surface area contributed by atoms with E-state index in [1.165, 1.54) is 36.7 Å². The Morgan fingerprint density at radius 1 is 1.38 bits per heavy atom. The summed E-state index contributed by atoms with van der Waals surface area (Å²) in [7, 11) is -1.27. The fraction of sp³-hybridized carbons (Fsp3) is 0.615. The highest BCUT2D eigenvalue weighted by Gasteiger charge is 2.24. The van der Waals surface area contributed by atoms with E-state index in [0.29, 0.717) is 0 Å². The smallest absolute Gasteiger partial charge is 0.104 e. The zero-order chi connectivity index (χ0) is 11.6. The van der Waals surface area contributed by atoms with E-state index < -0.39 is 8.07 Å². The highest BCUT2D eigenvalue weighted by atomic mass is 28.3. The Morgan fingerprint density at radius 2 is 2.19 bits per heavy atom. The second-order valence-corrected chi connectivity index (χ2v) is 10.8. The minimum absolute atomic E-state index is 0.820. The number of imidazole rings is 1. The summed E-state index contributed by atoms with van der Waals surface area (Å²) in [5.74, 6) is 0.820. The highest BCUT2D eigenvalue weighted by Crippen LogP contribution is 2.21. The van der Waals surface area contributed by atoms with Crippen molar-refractivity contribution in [2.24, 2.45) is 5.92 Å². The third-order valence-corrected chi connectivity index (χ3v) is 5.15. The van der Waals surface area contributed by atoms with Gasteiger partial charge in [-0.1, -0.05) is 31.8 Å². The van der Waals surface area contributed by atoms with Crippen LogP contribution in [-0.4, -0.2) is 18.0 Å². The summed E-state index contributed by atoms with van der Waals surface area (Å²) in [5.41, 5.74) is 1.40. The highest BCUT2D eigenvalue weighted by molar-refractivity contribution is 6.88. The largest absolute Gasteiger partial charge is 0.349 e. The van der Waals surface area contributed by atoms with E-state index in [2.05, 4.69) is 41.8 Å². The van der Waals surface area contributed by atoms with Gasteiger partial charge in [-0.25, -0.2) is 4.98 Å². The van der Waals surface area contributed by atoms with Gasteiger partial charge in [0.05, 0.1) is 6.33 Å². The number of hydrogen-bond donors (Lipinski definition) is 1. The first-order valence-corrected chi connectivity index (χ1v) is 9.75. The molecule has 2 rings (SSSR count). The molecule has 1 aromatic heterocycles. The maximum atomic E-state index is 4.54. The maximum absolute atomic E-state index is 4.54. The first-order chi connectivity index (χ1) is 7.57. The summed E-state index contributed by atoms with van der Waals surface area (Å²) in [4.78, 5) is 7.90. The molecule has 0 bridgehead atoms. The lowest BCUT2D eigenvalue weighted by atomic mass is 9.90. The molecule has 0 radical (unpaired) electrons. The molecule has 88 valence electrons. The van der Waals surface area contributed by atoms with Crippen LogP contribution in [-0.2, 0) is 6.42 Å². The van der Waals surface area contributed by atoms with E-state index in [9.17, 15) is 0 Å². The van der Waals surface area contributed by atoms with Crippen molar-refractivity contribution in [1.82, 2.24) is 9.97 Å². The van der Waals surface area contributed by atoms with Crippen molar-refractivity contribution in [3.63, 3.8) is 0 Å². The summed E-state index contributed by atoms with van der Waals surface area (Å²) >= 11 is 0. The number of hydrogen-bond acceptors (Lipinski definition) is 1. The average Bonchev–Trinajstić information content (AvgIpc) is 2.67. The first kappa shape index (κ1) is 11.6. The number of rotatable bonds is 3. The summed E-state index contributed by atoms with van der Waals surface area (Å²) in [6.45, 7) is 7.11. The predicted octanol–water partition coefficient (Wildman–Crippen LogP) is 2.85. The lowest BCUT2D eigenvalue weighted by Crippen LogP contribution is -2.41. The lowest BCUT2D eigenvalue weighted by Gasteiger charge is -2.20. The molecule has 1 aliphatic rings. The Kier molecular flexibility index (Phi) is 3.33. The molecule has 2 nitrogen and oxygen atoms in total. The van der Waals surface area contributed by atoms with Gasteiger partial charge in [0, 0.05) is 11.0 Å². The van der Waals surface area contributed by atoms with Crippen LogP contribution in [0, 0.1) is 5.92 Å². The molecule has 0 spiro atoms. The minimum Gasteiger partial charge on any atom is -0.349 e. The number of nitrogens with one attached hydrogen (secondary N) is 1. The Bertz CT molecular complexity index is 374. The topological polar surface area (TPSA) is 28.7 Å². The third-order valence-electron chi connectivity index (χ3n) is 3.30. The van der Waals surface area contributed by atoms with Crippen LogP contribution in [0.1, 0.15) is 25.0 Å². The van der Waals surface area contributed by atoms with Gasteiger partial charge in [-0.3, -0.25) is 0 Å². The molecule has 1 N–H and O–H groups in total. The van der Waals surface area contributed by atoms with E-state index in [1.54, 1.807) is 0 Å². The van der Waals surface area contributed by atoms with Crippen molar-refractivity contribution < 1.29 is 0 Å². The zero-order valence-corrected chi connectivity index (χ0v) is 11.6. The van der Waals surface area contributed by atoms with Crippen LogP contribution in [0.3, 0.4) is 0 Å². The van der Waals surface area contributed by atoms with E-state index in [0.717, 1.165) is 5.92 Å². The summed E-state index contributed by atoms with van der Waals surface area (Å²) in [6, 6.07) is 0. The van der Waals surface area contributed by atoms with Gasteiger partial charge in [0.25, 0.3) is 0 Å². The van der Waals surface area contributed by atoms with Gasteiger partial charge in [0.15, 0.2) is 0 Å². The van der Waals surface area contributed by atoms with Crippen LogP contribution in [0.15, 0.2) is 18.5 Å². The number of allylic oxidation sites excluding steroid dienone is 2. The summed E-state index contributed by atoms with van der Waals surface area (Å²) in [5, 5.41) is 1.38. The van der Waals surface area contributed by atoms with Crippen LogP contribution >= 0.6 is 0 Å². The van der Waals surface area contributed by atoms with Gasteiger partial charge < -0.3 is 4.98 Å². The molecule has 3 heteroatoms.